The third-order valence-electron chi connectivity index (χ3n) is 7.70. The fourth-order valence-electron chi connectivity index (χ4n) is 5.52. The molecule has 3 rings (SSSR count). The van der Waals surface area contributed by atoms with Crippen molar-refractivity contribution in [2.24, 2.45) is 5.92 Å². The zero-order valence-corrected chi connectivity index (χ0v) is 23.2. The van der Waals surface area contributed by atoms with Crippen LogP contribution in [-0.4, -0.2) is 94.9 Å². The number of aryl methyl sites for hydroxylation is 2. The predicted octanol–water partition coefficient (Wildman–Crippen LogP) is 2.63. The molecule has 1 N–H and O–H groups in total. The number of hydrogen-bond donors (Lipinski definition) is 1. The summed E-state index contributed by atoms with van der Waals surface area (Å²) in [6, 6.07) is 4.31. The summed E-state index contributed by atoms with van der Waals surface area (Å²) < 4.78 is 32.8. The fraction of sp³-hybridized carbons (Fsp3) is 0.731. The number of likely N-dealkylation sites (N-methyl/N-ethyl adjacent to an activating group) is 1. The molecule has 1 unspecified atom stereocenters. The molecule has 35 heavy (non-hydrogen) atoms. The van der Waals surface area contributed by atoms with Gasteiger partial charge in [-0.25, -0.2) is 12.7 Å². The van der Waals surface area contributed by atoms with Gasteiger partial charge >= 0.3 is 0 Å². The van der Waals surface area contributed by atoms with E-state index in [4.69, 9.17) is 4.74 Å². The highest BCUT2D eigenvalue weighted by molar-refractivity contribution is 7.89. The van der Waals surface area contributed by atoms with Crippen molar-refractivity contribution in [3.05, 3.63) is 23.3 Å². The lowest BCUT2D eigenvalue weighted by molar-refractivity contribution is -0.122. The quantitative estimate of drug-likeness (QED) is 0.523. The van der Waals surface area contributed by atoms with Gasteiger partial charge in [-0.2, -0.15) is 0 Å². The highest BCUT2D eigenvalue weighted by atomic mass is 32.2. The molecule has 1 saturated carbocycles. The first-order valence-corrected chi connectivity index (χ1v) is 14.2. The molecular weight excluding hydrogens is 464 g/mol. The van der Waals surface area contributed by atoms with E-state index in [0.717, 1.165) is 38.8 Å². The first-order chi connectivity index (χ1) is 16.5. The van der Waals surface area contributed by atoms with Crippen LogP contribution in [0.5, 0.6) is 5.75 Å². The molecule has 0 bridgehead atoms. The average molecular weight is 509 g/mol. The third-order valence-corrected chi connectivity index (χ3v) is 9.86. The van der Waals surface area contributed by atoms with Gasteiger partial charge in [0.05, 0.1) is 12.0 Å². The maximum atomic E-state index is 13.2. The zero-order valence-electron chi connectivity index (χ0n) is 22.3. The first-order valence-electron chi connectivity index (χ1n) is 12.8. The van der Waals surface area contributed by atoms with Crippen molar-refractivity contribution in [3.8, 4) is 5.75 Å². The Morgan fingerprint density at radius 2 is 1.71 bits per heavy atom. The number of methoxy groups -OCH3 is 1. The molecule has 2 fully saturated rings. The lowest BCUT2D eigenvalue weighted by atomic mass is 9.85. The third kappa shape index (κ3) is 7.18. The molecule has 1 aromatic rings. The molecule has 1 heterocycles. The minimum atomic E-state index is -3.69. The van der Waals surface area contributed by atoms with Crippen LogP contribution in [0.3, 0.4) is 0 Å². The van der Waals surface area contributed by atoms with E-state index in [-0.39, 0.29) is 29.8 Å². The number of nitrogens with zero attached hydrogens (tertiary/aromatic N) is 3. The van der Waals surface area contributed by atoms with Crippen molar-refractivity contribution in [3.63, 3.8) is 0 Å². The Labute approximate surface area is 212 Å². The largest absolute Gasteiger partial charge is 0.497 e. The number of rotatable bonds is 10. The van der Waals surface area contributed by atoms with E-state index >= 15 is 0 Å². The van der Waals surface area contributed by atoms with Gasteiger partial charge in [0.25, 0.3) is 0 Å². The number of likely N-dealkylation sites (tertiary alicyclic amines) is 1. The molecule has 2 aliphatic rings. The second kappa shape index (κ2) is 12.0. The van der Waals surface area contributed by atoms with Gasteiger partial charge in [-0.3, -0.25) is 4.79 Å². The van der Waals surface area contributed by atoms with Gasteiger partial charge in [-0.15, -0.1) is 0 Å². The van der Waals surface area contributed by atoms with Gasteiger partial charge in [-0.05, 0) is 95.8 Å². The maximum absolute atomic E-state index is 13.2. The van der Waals surface area contributed by atoms with Crippen LogP contribution in [0.4, 0.5) is 0 Å². The first kappa shape index (κ1) is 27.9. The van der Waals surface area contributed by atoms with Gasteiger partial charge in [0, 0.05) is 45.2 Å². The number of nitrogens with one attached hydrogen (secondary N) is 1. The van der Waals surface area contributed by atoms with Gasteiger partial charge in [-0.1, -0.05) is 0 Å². The fourth-order valence-corrected chi connectivity index (χ4v) is 7.10. The number of hydrogen-bond acceptors (Lipinski definition) is 6. The van der Waals surface area contributed by atoms with Crippen LogP contribution >= 0.6 is 0 Å². The molecule has 1 aliphatic carbocycles. The van der Waals surface area contributed by atoms with Crippen molar-refractivity contribution in [2.75, 3.05) is 54.4 Å². The Bertz CT molecular complexity index is 951. The van der Waals surface area contributed by atoms with Crippen LogP contribution in [-0.2, 0) is 14.8 Å². The van der Waals surface area contributed by atoms with Gasteiger partial charge in [0.1, 0.15) is 5.75 Å². The van der Waals surface area contributed by atoms with Crippen molar-refractivity contribution < 1.29 is 17.9 Å². The van der Waals surface area contributed by atoms with Gasteiger partial charge < -0.3 is 19.9 Å². The lowest BCUT2D eigenvalue weighted by Crippen LogP contribution is -2.41. The van der Waals surface area contributed by atoms with Crippen molar-refractivity contribution in [1.82, 2.24) is 19.4 Å². The molecule has 9 heteroatoms. The second-order valence-corrected chi connectivity index (χ2v) is 12.6. The van der Waals surface area contributed by atoms with Crippen LogP contribution in [0, 0.1) is 19.8 Å². The van der Waals surface area contributed by atoms with Crippen molar-refractivity contribution in [2.45, 2.75) is 69.4 Å². The minimum Gasteiger partial charge on any atom is -0.497 e. The molecule has 1 saturated heterocycles. The Morgan fingerprint density at radius 3 is 2.26 bits per heavy atom. The summed E-state index contributed by atoms with van der Waals surface area (Å²) in [5.74, 6) is 1.26. The van der Waals surface area contributed by atoms with Crippen molar-refractivity contribution >= 4 is 15.9 Å². The van der Waals surface area contributed by atoms with E-state index in [1.54, 1.807) is 33.1 Å². The summed E-state index contributed by atoms with van der Waals surface area (Å²) in [4.78, 5) is 17.8. The van der Waals surface area contributed by atoms with Gasteiger partial charge in [0.2, 0.25) is 15.9 Å². The van der Waals surface area contributed by atoms with E-state index in [0.29, 0.717) is 28.8 Å². The highest BCUT2D eigenvalue weighted by Gasteiger charge is 2.29. The number of ether oxygens (including phenoxy) is 1. The molecule has 8 nitrogen and oxygen atoms in total. The number of benzene rings is 1. The summed E-state index contributed by atoms with van der Waals surface area (Å²) in [6.07, 6.45) is 5.68. The monoisotopic (exact) mass is 508 g/mol. The SMILES string of the molecule is COc1cc(C)c(S(=O)(=O)N(C)CCC(=O)N[C@H]2CC[C@@H](CN3CCC(N(C)C)C3)CC2)c(C)c1. The van der Waals surface area contributed by atoms with Crippen LogP contribution in [0.1, 0.15) is 49.7 Å². The number of carbonyl (C=O) groups excluding carboxylic acids is 1. The molecular formula is C26H44N4O4S. The molecule has 198 valence electrons. The summed E-state index contributed by atoms with van der Waals surface area (Å²) in [6.45, 7) is 7.20. The number of sulfonamides is 1. The van der Waals surface area contributed by atoms with Crippen LogP contribution in [0.15, 0.2) is 17.0 Å². The molecule has 1 amide bonds. The van der Waals surface area contributed by atoms with Crippen LogP contribution in [0.25, 0.3) is 0 Å². The van der Waals surface area contributed by atoms with Crippen molar-refractivity contribution in [1.29, 1.82) is 0 Å². The number of carbonyl (C=O) groups is 1. The summed E-state index contributed by atoms with van der Waals surface area (Å²) in [5, 5.41) is 3.14. The molecule has 0 radical (unpaired) electrons. The summed E-state index contributed by atoms with van der Waals surface area (Å²) in [5.41, 5.74) is 1.28. The Morgan fingerprint density at radius 1 is 1.09 bits per heavy atom. The zero-order chi connectivity index (χ0) is 25.8. The normalized spacial score (nSPS) is 23.7. The molecule has 1 aliphatic heterocycles. The summed E-state index contributed by atoms with van der Waals surface area (Å²) >= 11 is 0. The van der Waals surface area contributed by atoms with E-state index < -0.39 is 10.0 Å². The Kier molecular flexibility index (Phi) is 9.60. The summed E-state index contributed by atoms with van der Waals surface area (Å²) in [7, 11) is 3.73. The minimum absolute atomic E-state index is 0.0768. The van der Waals surface area contributed by atoms with E-state index in [1.807, 2.05) is 0 Å². The van der Waals surface area contributed by atoms with E-state index in [9.17, 15) is 13.2 Å². The Hall–Kier alpha value is -1.68. The maximum Gasteiger partial charge on any atom is 0.243 e. The molecule has 1 aromatic carbocycles. The van der Waals surface area contributed by atoms with E-state index in [2.05, 4.69) is 29.2 Å². The average Bonchev–Trinajstić information content (AvgIpc) is 3.27. The standard InChI is InChI=1S/C26H44N4O4S/c1-19-15-24(34-6)16-20(2)26(19)35(32,33)29(5)13-12-25(31)27-22-9-7-21(8-10-22)17-30-14-11-23(18-30)28(3)4/h15-16,21-23H,7-14,17-18H2,1-6H3,(H,27,31)/t21-,22+,23?. The van der Waals surface area contributed by atoms with Gasteiger partial charge in [0.15, 0.2) is 0 Å². The van der Waals surface area contributed by atoms with E-state index in [1.165, 1.54) is 24.3 Å². The lowest BCUT2D eigenvalue weighted by Gasteiger charge is -2.32. The molecule has 1 atom stereocenters. The highest BCUT2D eigenvalue weighted by Crippen LogP contribution is 2.29. The molecule has 0 aromatic heterocycles. The molecule has 0 spiro atoms. The Balaban J connectivity index is 1.43. The second-order valence-electron chi connectivity index (χ2n) is 10.6. The van der Waals surface area contributed by atoms with Crippen LogP contribution in [0.2, 0.25) is 0 Å². The predicted molar refractivity (Wildman–Crippen MR) is 139 cm³/mol. The smallest absolute Gasteiger partial charge is 0.243 e. The van der Waals surface area contributed by atoms with Crippen LogP contribution < -0.4 is 10.1 Å². The topological polar surface area (TPSA) is 82.2 Å². The number of amides is 1.